The zero-order valence-electron chi connectivity index (χ0n) is 15.0. The minimum atomic E-state index is 0.210. The Morgan fingerprint density at radius 2 is 2.00 bits per heavy atom. The minimum absolute atomic E-state index is 0.210. The number of ether oxygens (including phenoxy) is 1. The second-order valence-corrected chi connectivity index (χ2v) is 6.29. The zero-order valence-corrected chi connectivity index (χ0v) is 15.0. The van der Waals surface area contributed by atoms with E-state index in [1.165, 1.54) is 10.8 Å². The van der Waals surface area contributed by atoms with Gasteiger partial charge in [0.1, 0.15) is 24.4 Å². The SMILES string of the molecule is CC(C)n1nccc1-c1ncccc1COc1ccc2ncnn2c1C=O. The highest BCUT2D eigenvalue weighted by Gasteiger charge is 2.15. The van der Waals surface area contributed by atoms with E-state index in [0.29, 0.717) is 17.1 Å². The van der Waals surface area contributed by atoms with Crippen molar-refractivity contribution in [1.29, 1.82) is 0 Å². The summed E-state index contributed by atoms with van der Waals surface area (Å²) in [6, 6.07) is 9.44. The lowest BCUT2D eigenvalue weighted by atomic mass is 10.1. The average Bonchev–Trinajstić information content (AvgIpc) is 3.35. The third-order valence-corrected chi connectivity index (χ3v) is 4.23. The van der Waals surface area contributed by atoms with Gasteiger partial charge in [0.2, 0.25) is 0 Å². The molecule has 0 atom stereocenters. The van der Waals surface area contributed by atoms with Crippen molar-refractivity contribution in [2.75, 3.05) is 0 Å². The van der Waals surface area contributed by atoms with E-state index >= 15 is 0 Å². The average molecular weight is 362 g/mol. The summed E-state index contributed by atoms with van der Waals surface area (Å²) >= 11 is 0. The molecule has 4 aromatic rings. The van der Waals surface area contributed by atoms with Crippen molar-refractivity contribution in [3.8, 4) is 17.1 Å². The summed E-state index contributed by atoms with van der Waals surface area (Å²) in [6.07, 6.45) is 5.63. The van der Waals surface area contributed by atoms with E-state index < -0.39 is 0 Å². The van der Waals surface area contributed by atoms with Crippen molar-refractivity contribution in [3.63, 3.8) is 0 Å². The summed E-state index contributed by atoms with van der Waals surface area (Å²) < 4.78 is 9.32. The first-order valence-corrected chi connectivity index (χ1v) is 8.57. The van der Waals surface area contributed by atoms with Gasteiger partial charge in [-0.15, -0.1) is 0 Å². The zero-order chi connectivity index (χ0) is 18.8. The van der Waals surface area contributed by atoms with Gasteiger partial charge < -0.3 is 4.74 Å². The molecule has 8 nitrogen and oxygen atoms in total. The van der Waals surface area contributed by atoms with Crippen LogP contribution in [0.5, 0.6) is 5.75 Å². The number of nitrogens with zero attached hydrogens (tertiary/aromatic N) is 6. The summed E-state index contributed by atoms with van der Waals surface area (Å²) in [5.41, 5.74) is 3.54. The Morgan fingerprint density at radius 3 is 2.81 bits per heavy atom. The van der Waals surface area contributed by atoms with Crippen LogP contribution in [0.3, 0.4) is 0 Å². The fourth-order valence-electron chi connectivity index (χ4n) is 2.97. The third kappa shape index (κ3) is 3.05. The number of hydrogen-bond acceptors (Lipinski definition) is 6. The number of hydrogen-bond donors (Lipinski definition) is 0. The molecule has 136 valence electrons. The standard InChI is InChI=1S/C19H18N6O2/c1-13(2)24-15(7-9-22-24)19-14(4-3-8-20-19)11-27-17-5-6-18-21-12-23-25(18)16(17)10-26/h3-10,12-13H,11H2,1-2H3. The molecule has 0 aliphatic carbocycles. The van der Waals surface area contributed by atoms with Crippen LogP contribution in [-0.4, -0.2) is 35.6 Å². The highest BCUT2D eigenvalue weighted by atomic mass is 16.5. The van der Waals surface area contributed by atoms with Crippen molar-refractivity contribution < 1.29 is 9.53 Å². The summed E-state index contributed by atoms with van der Waals surface area (Å²) in [5.74, 6) is 0.440. The molecule has 27 heavy (non-hydrogen) atoms. The number of aromatic nitrogens is 6. The maximum atomic E-state index is 11.5. The second kappa shape index (κ2) is 6.99. The van der Waals surface area contributed by atoms with Crippen LogP contribution in [-0.2, 0) is 6.61 Å². The monoisotopic (exact) mass is 362 g/mol. The molecule has 0 bridgehead atoms. The van der Waals surface area contributed by atoms with Gasteiger partial charge in [0, 0.05) is 24.0 Å². The first-order valence-electron chi connectivity index (χ1n) is 8.57. The normalized spacial score (nSPS) is 11.2. The van der Waals surface area contributed by atoms with Crippen molar-refractivity contribution in [2.45, 2.75) is 26.5 Å². The summed E-state index contributed by atoms with van der Waals surface area (Å²) in [7, 11) is 0. The van der Waals surface area contributed by atoms with Gasteiger partial charge in [0.15, 0.2) is 11.9 Å². The minimum Gasteiger partial charge on any atom is -0.486 e. The largest absolute Gasteiger partial charge is 0.486 e. The van der Waals surface area contributed by atoms with Crippen LogP contribution in [0.25, 0.3) is 17.0 Å². The molecule has 0 aliphatic rings. The first kappa shape index (κ1) is 16.9. The molecule has 0 radical (unpaired) electrons. The lowest BCUT2D eigenvalue weighted by Crippen LogP contribution is -2.08. The predicted octanol–water partition coefficient (Wildman–Crippen LogP) is 2.96. The van der Waals surface area contributed by atoms with Gasteiger partial charge in [-0.2, -0.15) is 10.2 Å². The molecular weight excluding hydrogens is 344 g/mol. The number of rotatable bonds is 6. The first-order chi connectivity index (χ1) is 13.2. The molecule has 4 rings (SSSR count). The molecule has 0 aromatic carbocycles. The lowest BCUT2D eigenvalue weighted by Gasteiger charge is -2.14. The van der Waals surface area contributed by atoms with Gasteiger partial charge in [-0.3, -0.25) is 14.5 Å². The molecule has 0 saturated carbocycles. The number of carbonyl (C=O) groups is 1. The molecule has 0 unspecified atom stereocenters. The van der Waals surface area contributed by atoms with Gasteiger partial charge in [0.25, 0.3) is 0 Å². The van der Waals surface area contributed by atoms with Gasteiger partial charge in [0.05, 0.1) is 11.4 Å². The Kier molecular flexibility index (Phi) is 4.37. The quantitative estimate of drug-likeness (QED) is 0.490. The number of carbonyl (C=O) groups excluding carboxylic acids is 1. The van der Waals surface area contributed by atoms with E-state index in [1.54, 1.807) is 24.5 Å². The van der Waals surface area contributed by atoms with Gasteiger partial charge in [-0.05, 0) is 38.1 Å². The van der Waals surface area contributed by atoms with Gasteiger partial charge >= 0.3 is 0 Å². The smallest absolute Gasteiger partial charge is 0.172 e. The van der Waals surface area contributed by atoms with E-state index in [9.17, 15) is 4.79 Å². The van der Waals surface area contributed by atoms with Crippen molar-refractivity contribution in [2.24, 2.45) is 0 Å². The number of pyridine rings is 2. The van der Waals surface area contributed by atoms with Crippen LogP contribution < -0.4 is 4.74 Å². The Morgan fingerprint density at radius 1 is 1.11 bits per heavy atom. The molecule has 0 N–H and O–H groups in total. The molecule has 0 aliphatic heterocycles. The van der Waals surface area contributed by atoms with Gasteiger partial charge in [-0.25, -0.2) is 9.50 Å². The van der Waals surface area contributed by atoms with E-state index in [1.807, 2.05) is 22.9 Å². The molecule has 4 heterocycles. The van der Waals surface area contributed by atoms with Crippen LogP contribution in [0.1, 0.15) is 35.9 Å². The Hall–Kier alpha value is -3.55. The molecule has 0 saturated heterocycles. The second-order valence-electron chi connectivity index (χ2n) is 6.29. The maximum Gasteiger partial charge on any atom is 0.172 e. The number of fused-ring (bicyclic) bond motifs is 1. The fraction of sp³-hybridized carbons (Fsp3) is 0.211. The maximum absolute atomic E-state index is 11.5. The Balaban J connectivity index is 1.67. The molecule has 8 heteroatoms. The topological polar surface area (TPSA) is 87.2 Å². The predicted molar refractivity (Wildman–Crippen MR) is 98.5 cm³/mol. The highest BCUT2D eigenvalue weighted by molar-refractivity contribution is 5.78. The van der Waals surface area contributed by atoms with E-state index in [4.69, 9.17) is 4.74 Å². The highest BCUT2D eigenvalue weighted by Crippen LogP contribution is 2.25. The molecule has 0 spiro atoms. The van der Waals surface area contributed by atoms with Crippen LogP contribution in [0.15, 0.2) is 49.1 Å². The van der Waals surface area contributed by atoms with E-state index in [0.717, 1.165) is 23.2 Å². The summed E-state index contributed by atoms with van der Waals surface area (Å²) in [4.78, 5) is 20.1. The van der Waals surface area contributed by atoms with Crippen LogP contribution in [0.4, 0.5) is 0 Å². The fourth-order valence-corrected chi connectivity index (χ4v) is 2.97. The van der Waals surface area contributed by atoms with Gasteiger partial charge in [-0.1, -0.05) is 6.07 Å². The van der Waals surface area contributed by atoms with Crippen LogP contribution >= 0.6 is 0 Å². The molecular formula is C19H18N6O2. The third-order valence-electron chi connectivity index (χ3n) is 4.23. The lowest BCUT2D eigenvalue weighted by molar-refractivity contribution is 0.111. The summed E-state index contributed by atoms with van der Waals surface area (Å²) in [5, 5.41) is 8.44. The van der Waals surface area contributed by atoms with Crippen LogP contribution in [0.2, 0.25) is 0 Å². The van der Waals surface area contributed by atoms with E-state index in [2.05, 4.69) is 34.0 Å². The van der Waals surface area contributed by atoms with Crippen LogP contribution in [0, 0.1) is 0 Å². The molecule has 0 fully saturated rings. The number of aldehydes is 1. The van der Waals surface area contributed by atoms with E-state index in [-0.39, 0.29) is 12.6 Å². The Labute approximate surface area is 155 Å². The van der Waals surface area contributed by atoms with Crippen molar-refractivity contribution in [1.82, 2.24) is 29.4 Å². The van der Waals surface area contributed by atoms with Crippen molar-refractivity contribution >= 4 is 11.9 Å². The molecule has 0 amide bonds. The van der Waals surface area contributed by atoms with Crippen molar-refractivity contribution in [3.05, 3.63) is 60.3 Å². The summed E-state index contributed by atoms with van der Waals surface area (Å²) in [6.45, 7) is 4.39. The Bertz CT molecular complexity index is 1100. The molecule has 4 aromatic heterocycles.